The van der Waals surface area contributed by atoms with Crippen molar-refractivity contribution in [3.8, 4) is 0 Å². The molecule has 1 amide bonds. The number of benzene rings is 1. The number of likely N-dealkylation sites (N-methyl/N-ethyl adjacent to an activating group) is 1. The molecule has 0 aromatic heterocycles. The highest BCUT2D eigenvalue weighted by Gasteiger charge is 2.33. The molecule has 0 radical (unpaired) electrons. The van der Waals surface area contributed by atoms with Crippen molar-refractivity contribution in [2.45, 2.75) is 6.92 Å². The molecule has 11 nitrogen and oxygen atoms in total. The second-order valence-electron chi connectivity index (χ2n) is 5.24. The van der Waals surface area contributed by atoms with Crippen LogP contribution < -0.4 is 10.4 Å². The molecular formula is C13H17N5O6. The molecule has 0 saturated carbocycles. The third-order valence-electron chi connectivity index (χ3n) is 3.96. The summed E-state index contributed by atoms with van der Waals surface area (Å²) in [4.78, 5) is 36.4. The van der Waals surface area contributed by atoms with Crippen LogP contribution in [-0.4, -0.2) is 58.6 Å². The molecule has 2 rings (SSSR count). The van der Waals surface area contributed by atoms with E-state index in [0.717, 1.165) is 18.7 Å². The van der Waals surface area contributed by atoms with Crippen molar-refractivity contribution in [2.75, 3.05) is 37.6 Å². The predicted octanol–water partition coefficient (Wildman–Crippen LogP) is 0.764. The number of hydrogen-bond acceptors (Lipinski definition) is 8. The van der Waals surface area contributed by atoms with Gasteiger partial charge in [-0.15, -0.1) is 0 Å². The maximum absolute atomic E-state index is 11.5. The average Bonchev–Trinajstić information content (AvgIpc) is 2.59. The monoisotopic (exact) mass is 339 g/mol. The van der Waals surface area contributed by atoms with Crippen LogP contribution in [0.3, 0.4) is 0 Å². The third kappa shape index (κ3) is 3.41. The highest BCUT2D eigenvalue weighted by molar-refractivity contribution is 5.97. The van der Waals surface area contributed by atoms with Crippen LogP contribution in [0.15, 0.2) is 12.1 Å². The first-order valence-electron chi connectivity index (χ1n) is 7.27. The van der Waals surface area contributed by atoms with E-state index in [1.807, 2.05) is 6.92 Å². The van der Waals surface area contributed by atoms with Crippen LogP contribution >= 0.6 is 0 Å². The van der Waals surface area contributed by atoms with Crippen molar-refractivity contribution in [1.82, 2.24) is 10.4 Å². The fourth-order valence-corrected chi connectivity index (χ4v) is 2.69. The van der Waals surface area contributed by atoms with Gasteiger partial charge in [0.2, 0.25) is 0 Å². The Morgan fingerprint density at radius 3 is 2.04 bits per heavy atom. The van der Waals surface area contributed by atoms with Gasteiger partial charge >= 0.3 is 0 Å². The van der Waals surface area contributed by atoms with Gasteiger partial charge in [-0.1, -0.05) is 6.92 Å². The summed E-state index contributed by atoms with van der Waals surface area (Å²) < 4.78 is 0. The Bertz CT molecular complexity index is 636. The number of anilines is 1. The molecule has 0 atom stereocenters. The van der Waals surface area contributed by atoms with E-state index in [9.17, 15) is 25.0 Å². The zero-order valence-corrected chi connectivity index (χ0v) is 13.0. The van der Waals surface area contributed by atoms with E-state index in [-0.39, 0.29) is 11.3 Å². The number of carbonyl (C=O) groups excluding carboxylic acids is 1. The topological polar surface area (TPSA) is 142 Å². The lowest BCUT2D eigenvalue weighted by atomic mass is 10.1. The quantitative estimate of drug-likeness (QED) is 0.455. The summed E-state index contributed by atoms with van der Waals surface area (Å²) in [6, 6.07) is 1.86. The number of carbonyl (C=O) groups is 1. The summed E-state index contributed by atoms with van der Waals surface area (Å²) in [6.45, 7) is 4.88. The summed E-state index contributed by atoms with van der Waals surface area (Å²) >= 11 is 0. The third-order valence-corrected chi connectivity index (χ3v) is 3.96. The number of nitrogens with one attached hydrogen (secondary N) is 1. The van der Waals surface area contributed by atoms with E-state index < -0.39 is 27.1 Å². The summed E-state index contributed by atoms with van der Waals surface area (Å²) in [6.07, 6.45) is 0. The van der Waals surface area contributed by atoms with Gasteiger partial charge in [0.15, 0.2) is 5.69 Å². The first-order chi connectivity index (χ1) is 11.4. The molecule has 24 heavy (non-hydrogen) atoms. The van der Waals surface area contributed by atoms with Crippen LogP contribution in [0.1, 0.15) is 17.3 Å². The van der Waals surface area contributed by atoms with Crippen LogP contribution in [0.2, 0.25) is 0 Å². The Kier molecular flexibility index (Phi) is 5.26. The van der Waals surface area contributed by atoms with Gasteiger partial charge in [-0.25, -0.2) is 5.48 Å². The summed E-state index contributed by atoms with van der Waals surface area (Å²) in [5, 5.41) is 31.4. The van der Waals surface area contributed by atoms with Gasteiger partial charge in [0.25, 0.3) is 17.3 Å². The second-order valence-corrected chi connectivity index (χ2v) is 5.24. The molecule has 1 heterocycles. The van der Waals surface area contributed by atoms with Crippen molar-refractivity contribution in [2.24, 2.45) is 0 Å². The molecule has 11 heteroatoms. The van der Waals surface area contributed by atoms with Crippen LogP contribution in [0.25, 0.3) is 0 Å². The van der Waals surface area contributed by atoms with Crippen molar-refractivity contribution >= 4 is 23.0 Å². The first-order valence-corrected chi connectivity index (χ1v) is 7.27. The van der Waals surface area contributed by atoms with E-state index in [1.165, 1.54) is 5.48 Å². The maximum Gasteiger partial charge on any atom is 0.300 e. The zero-order chi connectivity index (χ0) is 17.9. The fraction of sp³-hybridized carbons (Fsp3) is 0.462. The smallest absolute Gasteiger partial charge is 0.300 e. The van der Waals surface area contributed by atoms with Crippen LogP contribution in [-0.2, 0) is 0 Å². The number of nitro groups is 2. The largest absolute Gasteiger partial charge is 0.358 e. The lowest BCUT2D eigenvalue weighted by Gasteiger charge is -2.34. The molecule has 1 fully saturated rings. The number of amides is 1. The SMILES string of the molecule is CCN1CCN(c2c([N+](=O)[O-])cc(C(=O)NO)cc2[N+](=O)[O-])CC1. The van der Waals surface area contributed by atoms with E-state index in [1.54, 1.807) is 4.90 Å². The number of hydroxylamine groups is 1. The molecule has 1 aromatic carbocycles. The zero-order valence-electron chi connectivity index (χ0n) is 13.0. The summed E-state index contributed by atoms with van der Waals surface area (Å²) in [5.41, 5.74) is -0.218. The van der Waals surface area contributed by atoms with Gasteiger partial charge in [-0.2, -0.15) is 0 Å². The maximum atomic E-state index is 11.5. The molecule has 2 N–H and O–H groups in total. The minimum absolute atomic E-state index is 0.116. The summed E-state index contributed by atoms with van der Waals surface area (Å²) in [7, 11) is 0. The molecule has 0 unspecified atom stereocenters. The van der Waals surface area contributed by atoms with Gasteiger partial charge in [0, 0.05) is 38.3 Å². The molecule has 1 aliphatic rings. The van der Waals surface area contributed by atoms with E-state index in [0.29, 0.717) is 26.2 Å². The first kappa shape index (κ1) is 17.6. The van der Waals surface area contributed by atoms with Gasteiger partial charge in [-0.3, -0.25) is 30.2 Å². The predicted molar refractivity (Wildman–Crippen MR) is 83.3 cm³/mol. The Morgan fingerprint density at radius 2 is 1.67 bits per heavy atom. The molecular weight excluding hydrogens is 322 g/mol. The Balaban J connectivity index is 2.54. The van der Waals surface area contributed by atoms with Crippen molar-refractivity contribution < 1.29 is 19.8 Å². The molecule has 0 spiro atoms. The fourth-order valence-electron chi connectivity index (χ4n) is 2.69. The Hall–Kier alpha value is -2.79. The average molecular weight is 339 g/mol. The molecule has 1 aliphatic heterocycles. The lowest BCUT2D eigenvalue weighted by Crippen LogP contribution is -2.46. The standard InChI is InChI=1S/C13H17N5O6/c1-2-15-3-5-16(6-4-15)12-10(17(21)22)7-9(13(19)14-20)8-11(12)18(23)24/h7-8,20H,2-6H2,1H3,(H,14,19). The number of nitrogens with zero attached hydrogens (tertiary/aromatic N) is 4. The summed E-state index contributed by atoms with van der Waals surface area (Å²) in [5.74, 6) is -1.05. The van der Waals surface area contributed by atoms with E-state index in [2.05, 4.69) is 4.90 Å². The normalized spacial score (nSPS) is 15.2. The van der Waals surface area contributed by atoms with Gasteiger partial charge < -0.3 is 9.80 Å². The van der Waals surface area contributed by atoms with Gasteiger partial charge in [0.05, 0.1) is 15.4 Å². The van der Waals surface area contributed by atoms with Crippen molar-refractivity contribution in [3.05, 3.63) is 37.9 Å². The van der Waals surface area contributed by atoms with Gasteiger partial charge in [0.1, 0.15) is 0 Å². The number of nitro benzene ring substituents is 2. The molecule has 0 bridgehead atoms. The Labute approximate surface area is 136 Å². The van der Waals surface area contributed by atoms with Crippen molar-refractivity contribution in [3.63, 3.8) is 0 Å². The highest BCUT2D eigenvalue weighted by Crippen LogP contribution is 2.39. The van der Waals surface area contributed by atoms with Crippen LogP contribution in [0, 0.1) is 20.2 Å². The lowest BCUT2D eigenvalue weighted by molar-refractivity contribution is -0.392. The van der Waals surface area contributed by atoms with E-state index in [4.69, 9.17) is 5.21 Å². The number of piperazine rings is 1. The highest BCUT2D eigenvalue weighted by atomic mass is 16.6. The number of rotatable bonds is 5. The van der Waals surface area contributed by atoms with E-state index >= 15 is 0 Å². The second kappa shape index (κ2) is 7.19. The van der Waals surface area contributed by atoms with Crippen LogP contribution in [0.4, 0.5) is 17.1 Å². The Morgan fingerprint density at radius 1 is 1.17 bits per heavy atom. The molecule has 0 aliphatic carbocycles. The molecule has 1 aromatic rings. The molecule has 1 saturated heterocycles. The minimum Gasteiger partial charge on any atom is -0.358 e. The van der Waals surface area contributed by atoms with Crippen LogP contribution in [0.5, 0.6) is 0 Å². The molecule has 130 valence electrons. The van der Waals surface area contributed by atoms with Gasteiger partial charge in [-0.05, 0) is 6.54 Å². The number of hydrogen-bond donors (Lipinski definition) is 2. The van der Waals surface area contributed by atoms with Crippen molar-refractivity contribution in [1.29, 1.82) is 0 Å². The minimum atomic E-state index is -1.05.